The fourth-order valence-electron chi connectivity index (χ4n) is 3.58. The van der Waals surface area contributed by atoms with E-state index in [0.717, 1.165) is 50.0 Å². The summed E-state index contributed by atoms with van der Waals surface area (Å²) in [5.41, 5.74) is 1.05. The minimum atomic E-state index is -0.650. The Labute approximate surface area is 131 Å². The lowest BCUT2D eigenvalue weighted by molar-refractivity contribution is -0.142. The zero-order valence-electron chi connectivity index (χ0n) is 13.0. The maximum Gasteiger partial charge on any atom is 0.306 e. The number of carboxylic acid groups (broad SMARTS) is 1. The van der Waals surface area contributed by atoms with E-state index < -0.39 is 5.97 Å². The van der Waals surface area contributed by atoms with Crippen molar-refractivity contribution in [2.24, 2.45) is 5.92 Å². The Morgan fingerprint density at radius 3 is 2.41 bits per heavy atom. The summed E-state index contributed by atoms with van der Waals surface area (Å²) in [5.74, 6) is 0.126. The van der Waals surface area contributed by atoms with Crippen molar-refractivity contribution in [3.8, 4) is 5.75 Å². The van der Waals surface area contributed by atoms with E-state index in [0.29, 0.717) is 12.1 Å². The number of rotatable bonds is 5. The fourth-order valence-corrected chi connectivity index (χ4v) is 3.58. The van der Waals surface area contributed by atoms with Crippen LogP contribution in [0, 0.1) is 5.92 Å². The molecule has 2 saturated carbocycles. The molecule has 4 heteroatoms. The van der Waals surface area contributed by atoms with E-state index in [-0.39, 0.29) is 5.92 Å². The lowest BCUT2D eigenvalue weighted by Gasteiger charge is -2.28. The van der Waals surface area contributed by atoms with Gasteiger partial charge in [-0.2, -0.15) is 0 Å². The van der Waals surface area contributed by atoms with Crippen molar-refractivity contribution in [3.63, 3.8) is 0 Å². The van der Waals surface area contributed by atoms with Gasteiger partial charge in [0.05, 0.1) is 17.7 Å². The highest BCUT2D eigenvalue weighted by Gasteiger charge is 2.26. The molecule has 0 atom stereocenters. The molecule has 22 heavy (non-hydrogen) atoms. The topological polar surface area (TPSA) is 58.6 Å². The zero-order valence-corrected chi connectivity index (χ0v) is 13.0. The summed E-state index contributed by atoms with van der Waals surface area (Å²) in [6, 6.07) is 8.48. The van der Waals surface area contributed by atoms with Crippen LogP contribution in [-0.4, -0.2) is 23.2 Å². The van der Waals surface area contributed by atoms with Crippen molar-refractivity contribution < 1.29 is 14.6 Å². The van der Waals surface area contributed by atoms with Crippen molar-refractivity contribution in [1.82, 2.24) is 0 Å². The number of para-hydroxylation sites is 2. The molecule has 4 nitrogen and oxygen atoms in total. The second-order valence-electron chi connectivity index (χ2n) is 6.55. The number of hydrogen-bond donors (Lipinski definition) is 2. The Kier molecular flexibility index (Phi) is 4.86. The van der Waals surface area contributed by atoms with Crippen LogP contribution in [0.2, 0.25) is 0 Å². The molecule has 0 spiro atoms. The summed E-state index contributed by atoms with van der Waals surface area (Å²) in [4.78, 5) is 11.0. The second-order valence-corrected chi connectivity index (χ2v) is 6.55. The number of ether oxygens (including phenoxy) is 1. The van der Waals surface area contributed by atoms with Crippen molar-refractivity contribution in [2.45, 2.75) is 63.5 Å². The maximum atomic E-state index is 11.0. The normalized spacial score (nSPS) is 25.8. The highest BCUT2D eigenvalue weighted by molar-refractivity contribution is 5.70. The Hall–Kier alpha value is -1.71. The minimum Gasteiger partial charge on any atom is -0.488 e. The molecule has 2 aliphatic rings. The van der Waals surface area contributed by atoms with Crippen LogP contribution in [-0.2, 0) is 4.79 Å². The van der Waals surface area contributed by atoms with Crippen molar-refractivity contribution in [3.05, 3.63) is 24.3 Å². The summed E-state index contributed by atoms with van der Waals surface area (Å²) in [5, 5.41) is 12.6. The largest absolute Gasteiger partial charge is 0.488 e. The lowest BCUT2D eigenvalue weighted by atomic mass is 9.86. The van der Waals surface area contributed by atoms with E-state index >= 15 is 0 Å². The Morgan fingerprint density at radius 1 is 1.05 bits per heavy atom. The number of aliphatic carboxylic acids is 1. The molecule has 0 radical (unpaired) electrons. The summed E-state index contributed by atoms with van der Waals surface area (Å²) in [6.07, 6.45) is 8.53. The smallest absolute Gasteiger partial charge is 0.306 e. The summed E-state index contributed by atoms with van der Waals surface area (Å²) >= 11 is 0. The number of anilines is 1. The summed E-state index contributed by atoms with van der Waals surface area (Å²) in [7, 11) is 0. The fraction of sp³-hybridized carbons (Fsp3) is 0.611. The molecule has 2 aliphatic carbocycles. The molecular formula is C18H25NO3. The van der Waals surface area contributed by atoms with E-state index in [1.54, 1.807) is 0 Å². The van der Waals surface area contributed by atoms with Crippen molar-refractivity contribution >= 4 is 11.7 Å². The van der Waals surface area contributed by atoms with Crippen LogP contribution in [0.1, 0.15) is 51.4 Å². The quantitative estimate of drug-likeness (QED) is 0.861. The molecule has 2 fully saturated rings. The number of carbonyl (C=O) groups is 1. The van der Waals surface area contributed by atoms with E-state index in [2.05, 4.69) is 11.4 Å². The van der Waals surface area contributed by atoms with Crippen LogP contribution in [0.5, 0.6) is 5.75 Å². The summed E-state index contributed by atoms with van der Waals surface area (Å²) < 4.78 is 6.15. The molecular weight excluding hydrogens is 278 g/mol. The van der Waals surface area contributed by atoms with Gasteiger partial charge in [0.2, 0.25) is 0 Å². The highest BCUT2D eigenvalue weighted by atomic mass is 16.5. The third-order valence-corrected chi connectivity index (χ3v) is 4.92. The van der Waals surface area contributed by atoms with Crippen LogP contribution < -0.4 is 10.1 Å². The molecule has 1 aromatic rings. The molecule has 0 heterocycles. The molecule has 0 amide bonds. The monoisotopic (exact) mass is 303 g/mol. The molecule has 0 bridgehead atoms. The lowest BCUT2D eigenvalue weighted by Crippen LogP contribution is -2.29. The van der Waals surface area contributed by atoms with Crippen LogP contribution in [0.15, 0.2) is 24.3 Å². The van der Waals surface area contributed by atoms with Gasteiger partial charge < -0.3 is 15.2 Å². The van der Waals surface area contributed by atoms with Gasteiger partial charge in [0.1, 0.15) is 5.75 Å². The first-order valence-corrected chi connectivity index (χ1v) is 8.47. The number of carboxylic acids is 1. The first kappa shape index (κ1) is 15.2. The molecule has 0 saturated heterocycles. The molecule has 2 N–H and O–H groups in total. The van der Waals surface area contributed by atoms with Gasteiger partial charge >= 0.3 is 5.97 Å². The standard InChI is InChI=1S/C18H25NO3/c20-18(21)13-9-11-14(12-10-13)19-16-7-3-4-8-17(16)22-15-5-1-2-6-15/h3-4,7-8,13-15,19H,1-2,5-6,9-12H2,(H,20,21). The van der Waals surface area contributed by atoms with Crippen molar-refractivity contribution in [2.75, 3.05) is 5.32 Å². The molecule has 120 valence electrons. The van der Waals surface area contributed by atoms with Crippen LogP contribution in [0.3, 0.4) is 0 Å². The highest BCUT2D eigenvalue weighted by Crippen LogP contribution is 2.33. The Morgan fingerprint density at radius 2 is 1.73 bits per heavy atom. The minimum absolute atomic E-state index is 0.164. The average molecular weight is 303 g/mol. The van der Waals surface area contributed by atoms with Gasteiger partial charge in [0.25, 0.3) is 0 Å². The van der Waals surface area contributed by atoms with Gasteiger partial charge in [-0.1, -0.05) is 12.1 Å². The van der Waals surface area contributed by atoms with Gasteiger partial charge in [0, 0.05) is 6.04 Å². The predicted octanol–water partition coefficient (Wildman–Crippen LogP) is 4.06. The van der Waals surface area contributed by atoms with Gasteiger partial charge in [0.15, 0.2) is 0 Å². The molecule has 0 unspecified atom stereocenters. The van der Waals surface area contributed by atoms with E-state index in [9.17, 15) is 4.79 Å². The van der Waals surface area contributed by atoms with Gasteiger partial charge in [-0.25, -0.2) is 0 Å². The molecule has 1 aromatic carbocycles. The number of hydrogen-bond acceptors (Lipinski definition) is 3. The van der Waals surface area contributed by atoms with E-state index in [1.807, 2.05) is 18.2 Å². The Bertz CT molecular complexity index is 503. The van der Waals surface area contributed by atoms with Crippen molar-refractivity contribution in [1.29, 1.82) is 0 Å². The zero-order chi connectivity index (χ0) is 15.4. The maximum absolute atomic E-state index is 11.0. The number of nitrogens with one attached hydrogen (secondary N) is 1. The number of benzene rings is 1. The van der Waals surface area contributed by atoms with Gasteiger partial charge in [-0.05, 0) is 63.5 Å². The van der Waals surface area contributed by atoms with Crippen LogP contribution in [0.4, 0.5) is 5.69 Å². The predicted molar refractivity (Wildman–Crippen MR) is 86.3 cm³/mol. The molecule has 3 rings (SSSR count). The van der Waals surface area contributed by atoms with E-state index in [1.165, 1.54) is 12.8 Å². The second kappa shape index (κ2) is 7.03. The van der Waals surface area contributed by atoms with Crippen LogP contribution >= 0.6 is 0 Å². The summed E-state index contributed by atoms with van der Waals surface area (Å²) in [6.45, 7) is 0. The average Bonchev–Trinajstić information content (AvgIpc) is 3.03. The van der Waals surface area contributed by atoms with E-state index in [4.69, 9.17) is 9.84 Å². The molecule has 0 aliphatic heterocycles. The van der Waals surface area contributed by atoms with Gasteiger partial charge in [-0.3, -0.25) is 4.79 Å². The third-order valence-electron chi connectivity index (χ3n) is 4.92. The van der Waals surface area contributed by atoms with Crippen LogP contribution in [0.25, 0.3) is 0 Å². The van der Waals surface area contributed by atoms with Gasteiger partial charge in [-0.15, -0.1) is 0 Å². The SMILES string of the molecule is O=C(O)C1CCC(Nc2ccccc2OC2CCCC2)CC1. The first-order valence-electron chi connectivity index (χ1n) is 8.47. The first-order chi connectivity index (χ1) is 10.7. The molecule has 0 aromatic heterocycles. The Balaban J connectivity index is 1.59. The third kappa shape index (κ3) is 3.73.